The Morgan fingerprint density at radius 1 is 1.15 bits per heavy atom. The summed E-state index contributed by atoms with van der Waals surface area (Å²) < 4.78 is 7.74. The van der Waals surface area contributed by atoms with Crippen LogP contribution < -0.4 is 4.74 Å². The molecule has 0 saturated carbocycles. The second-order valence-corrected chi connectivity index (χ2v) is 8.51. The number of likely N-dealkylation sites (tertiary alicyclic amines) is 1. The number of aryl methyl sites for hydroxylation is 1. The van der Waals surface area contributed by atoms with Crippen molar-refractivity contribution in [3.05, 3.63) is 47.3 Å². The number of nitrogens with zero attached hydrogens (tertiary/aromatic N) is 4. The molecule has 4 aliphatic rings. The third-order valence-electron chi connectivity index (χ3n) is 7.34. The van der Waals surface area contributed by atoms with Gasteiger partial charge in [-0.2, -0.15) is 5.10 Å². The summed E-state index contributed by atoms with van der Waals surface area (Å²) in [7, 11) is 3.84. The van der Waals surface area contributed by atoms with Gasteiger partial charge in [-0.05, 0) is 44.8 Å². The van der Waals surface area contributed by atoms with Crippen molar-refractivity contribution in [1.29, 1.82) is 0 Å². The highest BCUT2D eigenvalue weighted by Crippen LogP contribution is 2.48. The van der Waals surface area contributed by atoms with Crippen molar-refractivity contribution >= 4 is 0 Å². The van der Waals surface area contributed by atoms with Crippen molar-refractivity contribution in [2.24, 2.45) is 13.0 Å². The monoisotopic (exact) mass is 366 g/mol. The summed E-state index contributed by atoms with van der Waals surface area (Å²) in [6.45, 7) is 6.83. The van der Waals surface area contributed by atoms with E-state index >= 15 is 0 Å². The Bertz CT molecular complexity index is 823. The molecule has 1 aromatic heterocycles. The Kier molecular flexibility index (Phi) is 4.25. The van der Waals surface area contributed by atoms with Crippen molar-refractivity contribution in [2.45, 2.75) is 44.3 Å². The molecule has 0 amide bonds. The highest BCUT2D eigenvalue weighted by molar-refractivity contribution is 5.39. The average molecular weight is 367 g/mol. The predicted octanol–water partition coefficient (Wildman–Crippen LogP) is 2.80. The average Bonchev–Trinajstić information content (AvgIpc) is 3.26. The summed E-state index contributed by atoms with van der Waals surface area (Å²) in [5.41, 5.74) is 4.04. The third kappa shape index (κ3) is 2.71. The SMILES string of the molecule is COc1ccccc1[C@H]1CN(Cc2cnn(C)c2C)[C@@H]2C3CCN(CC3)[C@H]12. The Hall–Kier alpha value is -1.85. The van der Waals surface area contributed by atoms with Crippen LogP contribution in [0.3, 0.4) is 0 Å². The molecular formula is C22H30N4O. The number of para-hydroxylation sites is 1. The molecule has 0 N–H and O–H groups in total. The Labute approximate surface area is 161 Å². The molecule has 3 atom stereocenters. The first kappa shape index (κ1) is 17.3. The van der Waals surface area contributed by atoms with Gasteiger partial charge in [-0.25, -0.2) is 0 Å². The molecule has 4 aliphatic heterocycles. The molecule has 144 valence electrons. The lowest BCUT2D eigenvalue weighted by atomic mass is 9.75. The van der Waals surface area contributed by atoms with Crippen LogP contribution in [0.4, 0.5) is 0 Å². The molecule has 2 bridgehead atoms. The fraction of sp³-hybridized carbons (Fsp3) is 0.591. The van der Waals surface area contributed by atoms with Gasteiger partial charge in [0.05, 0.1) is 13.3 Å². The minimum Gasteiger partial charge on any atom is -0.496 e. The molecular weight excluding hydrogens is 336 g/mol. The summed E-state index contributed by atoms with van der Waals surface area (Å²) in [4.78, 5) is 5.51. The van der Waals surface area contributed by atoms with Gasteiger partial charge < -0.3 is 4.74 Å². The van der Waals surface area contributed by atoms with E-state index < -0.39 is 0 Å². The van der Waals surface area contributed by atoms with Gasteiger partial charge in [0, 0.05) is 55.0 Å². The first-order valence-electron chi connectivity index (χ1n) is 10.3. The van der Waals surface area contributed by atoms with E-state index in [1.165, 1.54) is 42.8 Å². The van der Waals surface area contributed by atoms with Crippen molar-refractivity contribution < 1.29 is 4.74 Å². The molecule has 0 unspecified atom stereocenters. The lowest BCUT2D eigenvalue weighted by Crippen LogP contribution is -2.60. The minimum atomic E-state index is 0.520. The predicted molar refractivity (Wildman–Crippen MR) is 106 cm³/mol. The Morgan fingerprint density at radius 3 is 2.63 bits per heavy atom. The lowest BCUT2D eigenvalue weighted by Gasteiger charge is -2.51. The Balaban J connectivity index is 1.51. The summed E-state index contributed by atoms with van der Waals surface area (Å²) >= 11 is 0. The van der Waals surface area contributed by atoms with Gasteiger partial charge in [-0.3, -0.25) is 14.5 Å². The molecule has 5 nitrogen and oxygen atoms in total. The second kappa shape index (κ2) is 6.64. The van der Waals surface area contributed by atoms with Crippen LogP contribution in [0.1, 0.15) is 35.6 Å². The molecule has 1 aromatic carbocycles. The standard InChI is InChI=1S/C22H30N4O/c1-15-17(12-23-24(15)2)13-26-14-19(18-6-4-5-7-20(18)27-3)22-21(26)16-8-10-25(22)11-9-16/h4-7,12,16,19,21-22H,8-11,13-14H2,1-3H3/t19-,21-,22-/m1/s1. The van der Waals surface area contributed by atoms with Crippen LogP contribution in [0, 0.1) is 12.8 Å². The van der Waals surface area contributed by atoms with Crippen LogP contribution in [0.25, 0.3) is 0 Å². The third-order valence-corrected chi connectivity index (χ3v) is 7.34. The van der Waals surface area contributed by atoms with Crippen molar-refractivity contribution in [3.8, 4) is 5.75 Å². The van der Waals surface area contributed by atoms with Crippen molar-refractivity contribution in [1.82, 2.24) is 19.6 Å². The summed E-state index contributed by atoms with van der Waals surface area (Å²) in [5.74, 6) is 2.39. The van der Waals surface area contributed by atoms with E-state index in [1.807, 2.05) is 11.7 Å². The normalized spacial score (nSPS) is 32.6. The van der Waals surface area contributed by atoms with E-state index in [-0.39, 0.29) is 0 Å². The number of methoxy groups -OCH3 is 1. The van der Waals surface area contributed by atoms with Gasteiger partial charge >= 0.3 is 0 Å². The zero-order valence-electron chi connectivity index (χ0n) is 16.6. The van der Waals surface area contributed by atoms with E-state index in [4.69, 9.17) is 4.74 Å². The van der Waals surface area contributed by atoms with Gasteiger partial charge in [0.1, 0.15) is 5.75 Å². The van der Waals surface area contributed by atoms with Crippen LogP contribution in [0.15, 0.2) is 30.5 Å². The molecule has 6 rings (SSSR count). The molecule has 4 saturated heterocycles. The zero-order chi connectivity index (χ0) is 18.5. The maximum absolute atomic E-state index is 5.74. The minimum absolute atomic E-state index is 0.520. The number of aromatic nitrogens is 2. The van der Waals surface area contributed by atoms with E-state index in [0.717, 1.165) is 24.8 Å². The first-order valence-corrected chi connectivity index (χ1v) is 10.3. The summed E-state index contributed by atoms with van der Waals surface area (Å²) in [6, 6.07) is 9.92. The Morgan fingerprint density at radius 2 is 1.93 bits per heavy atom. The smallest absolute Gasteiger partial charge is 0.122 e. The van der Waals surface area contributed by atoms with Gasteiger partial charge in [0.2, 0.25) is 0 Å². The van der Waals surface area contributed by atoms with E-state index in [1.54, 1.807) is 7.11 Å². The number of hydrogen-bond donors (Lipinski definition) is 0. The molecule has 5 heteroatoms. The molecule has 27 heavy (non-hydrogen) atoms. The fourth-order valence-electron chi connectivity index (χ4n) is 5.89. The molecule has 0 aliphatic carbocycles. The fourth-order valence-corrected chi connectivity index (χ4v) is 5.89. The number of piperidine rings is 3. The molecule has 2 aromatic rings. The van der Waals surface area contributed by atoms with Crippen LogP contribution >= 0.6 is 0 Å². The first-order chi connectivity index (χ1) is 13.2. The molecule has 0 spiro atoms. The van der Waals surface area contributed by atoms with E-state index in [2.05, 4.69) is 52.3 Å². The number of hydrogen-bond acceptors (Lipinski definition) is 4. The number of ether oxygens (including phenoxy) is 1. The van der Waals surface area contributed by atoms with Crippen molar-refractivity contribution in [3.63, 3.8) is 0 Å². The van der Waals surface area contributed by atoms with Crippen molar-refractivity contribution in [2.75, 3.05) is 26.7 Å². The van der Waals surface area contributed by atoms with Gasteiger partial charge in [-0.15, -0.1) is 0 Å². The highest BCUT2D eigenvalue weighted by Gasteiger charge is 2.53. The maximum atomic E-state index is 5.74. The van der Waals surface area contributed by atoms with Crippen LogP contribution in [-0.4, -0.2) is 58.4 Å². The molecule has 4 fully saturated rings. The maximum Gasteiger partial charge on any atom is 0.122 e. The van der Waals surface area contributed by atoms with Crippen LogP contribution in [0.2, 0.25) is 0 Å². The highest BCUT2D eigenvalue weighted by atomic mass is 16.5. The topological polar surface area (TPSA) is 33.5 Å². The molecule has 0 radical (unpaired) electrons. The molecule has 5 heterocycles. The second-order valence-electron chi connectivity index (χ2n) is 8.51. The van der Waals surface area contributed by atoms with Gasteiger partial charge in [0.15, 0.2) is 0 Å². The lowest BCUT2D eigenvalue weighted by molar-refractivity contribution is -0.00884. The largest absolute Gasteiger partial charge is 0.496 e. The number of benzene rings is 1. The quantitative estimate of drug-likeness (QED) is 0.833. The van der Waals surface area contributed by atoms with E-state index in [0.29, 0.717) is 18.0 Å². The summed E-state index contributed by atoms with van der Waals surface area (Å²) in [5, 5.41) is 4.47. The van der Waals surface area contributed by atoms with Gasteiger partial charge in [-0.1, -0.05) is 18.2 Å². The zero-order valence-corrected chi connectivity index (χ0v) is 16.6. The van der Waals surface area contributed by atoms with Crippen LogP contribution in [0.5, 0.6) is 5.75 Å². The van der Waals surface area contributed by atoms with Gasteiger partial charge in [0.25, 0.3) is 0 Å². The summed E-state index contributed by atoms with van der Waals surface area (Å²) in [6.07, 6.45) is 4.76. The van der Waals surface area contributed by atoms with Crippen LogP contribution in [-0.2, 0) is 13.6 Å². The number of fused-ring (bicyclic) bond motifs is 2. The number of rotatable bonds is 4. The van der Waals surface area contributed by atoms with E-state index in [9.17, 15) is 0 Å².